The highest BCUT2D eigenvalue weighted by atomic mass is 16.8. The van der Waals surface area contributed by atoms with Crippen molar-refractivity contribution in [1.29, 1.82) is 0 Å². The van der Waals surface area contributed by atoms with Gasteiger partial charge in [0, 0.05) is 36.1 Å². The van der Waals surface area contributed by atoms with Gasteiger partial charge in [0.2, 0.25) is 0 Å². The normalized spacial score (nSPS) is 12.7. The maximum Gasteiger partial charge on any atom is 0.138 e. The highest BCUT2D eigenvalue weighted by Gasteiger charge is 2.26. The van der Waals surface area contributed by atoms with Crippen molar-refractivity contribution in [2.75, 3.05) is 17.2 Å². The fourth-order valence-corrected chi connectivity index (χ4v) is 5.97. The second-order valence-corrected chi connectivity index (χ2v) is 10.7. The molecule has 0 amide bonds. The Kier molecular flexibility index (Phi) is 5.88. The third-order valence-electron chi connectivity index (χ3n) is 8.01. The molecule has 0 fully saturated rings. The highest BCUT2D eigenvalue weighted by Crippen LogP contribution is 2.42. The third kappa shape index (κ3) is 4.28. The van der Waals surface area contributed by atoms with E-state index in [1.165, 1.54) is 16.5 Å². The van der Waals surface area contributed by atoms with E-state index in [1.807, 2.05) is 72.9 Å². The second-order valence-electron chi connectivity index (χ2n) is 10.7. The van der Waals surface area contributed by atoms with Gasteiger partial charge in [-0.05, 0) is 78.2 Å². The Bertz CT molecular complexity index is 2150. The van der Waals surface area contributed by atoms with Crippen LogP contribution in [-0.2, 0) is 4.94 Å². The van der Waals surface area contributed by atoms with Crippen LogP contribution in [0.3, 0.4) is 0 Å². The van der Waals surface area contributed by atoms with E-state index in [0.29, 0.717) is 0 Å². The maximum atomic E-state index is 6.47. The van der Waals surface area contributed by atoms with Crippen LogP contribution >= 0.6 is 0 Å². The standard InChI is InChI=1S/C37H28N4O2/c1-25-10-3-4-13-30(25)26-20-21-38-37(22-26)40-33-15-6-5-14-31(33)32-19-18-29(24-36(32)40)42-28-12-9-11-27(23-28)41-35-17-8-7-16-34(35)39(2)43-41/h3-24H,1-2H3. The fraction of sp³-hybridized carbons (Fsp3) is 0.0541. The average molecular weight is 561 g/mol. The molecule has 3 heterocycles. The molecule has 6 heteroatoms. The van der Waals surface area contributed by atoms with Crippen LogP contribution < -0.4 is 14.9 Å². The first-order valence-corrected chi connectivity index (χ1v) is 14.3. The molecular formula is C37H28N4O2. The molecule has 8 rings (SSSR count). The number of para-hydroxylation sites is 3. The molecule has 0 spiro atoms. The Morgan fingerprint density at radius 1 is 0.651 bits per heavy atom. The van der Waals surface area contributed by atoms with Crippen molar-refractivity contribution in [3.63, 3.8) is 0 Å². The van der Waals surface area contributed by atoms with Crippen molar-refractivity contribution in [3.05, 3.63) is 139 Å². The van der Waals surface area contributed by atoms with Crippen LogP contribution in [0.1, 0.15) is 5.56 Å². The molecule has 0 N–H and O–H groups in total. The Morgan fingerprint density at radius 3 is 2.33 bits per heavy atom. The average Bonchev–Trinajstić information content (AvgIpc) is 3.56. The van der Waals surface area contributed by atoms with E-state index in [2.05, 4.69) is 84.3 Å². The van der Waals surface area contributed by atoms with Gasteiger partial charge in [-0.25, -0.2) is 10.0 Å². The Labute approximate surface area is 249 Å². The molecule has 0 unspecified atom stereocenters. The smallest absolute Gasteiger partial charge is 0.138 e. The van der Waals surface area contributed by atoms with E-state index in [1.54, 1.807) is 5.06 Å². The summed E-state index contributed by atoms with van der Waals surface area (Å²) in [7, 11) is 1.90. The summed E-state index contributed by atoms with van der Waals surface area (Å²) in [5, 5.41) is 5.89. The lowest BCUT2D eigenvalue weighted by Gasteiger charge is -2.18. The molecule has 1 aliphatic heterocycles. The number of benzene rings is 5. The molecule has 43 heavy (non-hydrogen) atoms. The minimum atomic E-state index is 0.717. The molecular weight excluding hydrogens is 532 g/mol. The van der Waals surface area contributed by atoms with Gasteiger partial charge in [0.25, 0.3) is 0 Å². The molecule has 6 nitrogen and oxygen atoms in total. The minimum absolute atomic E-state index is 0.717. The number of aryl methyl sites for hydroxylation is 1. The number of hydrogen-bond acceptors (Lipinski definition) is 5. The molecule has 5 aromatic carbocycles. The molecule has 1 aliphatic rings. The second kappa shape index (κ2) is 10.0. The van der Waals surface area contributed by atoms with Crippen LogP contribution in [0.15, 0.2) is 134 Å². The van der Waals surface area contributed by atoms with Crippen LogP contribution in [0.4, 0.5) is 17.1 Å². The van der Waals surface area contributed by atoms with Crippen molar-refractivity contribution in [2.45, 2.75) is 6.92 Å². The number of rotatable bonds is 5. The predicted octanol–water partition coefficient (Wildman–Crippen LogP) is 9.38. The summed E-state index contributed by atoms with van der Waals surface area (Å²) < 4.78 is 8.69. The van der Waals surface area contributed by atoms with Crippen molar-refractivity contribution in [1.82, 2.24) is 9.55 Å². The van der Waals surface area contributed by atoms with Crippen LogP contribution in [0.25, 0.3) is 38.8 Å². The molecule has 0 radical (unpaired) electrons. The van der Waals surface area contributed by atoms with Gasteiger partial charge >= 0.3 is 0 Å². The number of pyridine rings is 1. The summed E-state index contributed by atoms with van der Waals surface area (Å²) in [6.45, 7) is 2.14. The first-order valence-electron chi connectivity index (χ1n) is 14.3. The van der Waals surface area contributed by atoms with Gasteiger partial charge in [0.1, 0.15) is 17.3 Å². The Balaban J connectivity index is 1.20. The van der Waals surface area contributed by atoms with Gasteiger partial charge in [-0.2, -0.15) is 5.06 Å². The zero-order chi connectivity index (χ0) is 28.9. The Morgan fingerprint density at radius 2 is 1.42 bits per heavy atom. The molecule has 0 saturated heterocycles. The van der Waals surface area contributed by atoms with Gasteiger partial charge in [-0.3, -0.25) is 4.57 Å². The van der Waals surface area contributed by atoms with Crippen molar-refractivity contribution in [3.8, 4) is 28.4 Å². The molecule has 2 aromatic heterocycles. The van der Waals surface area contributed by atoms with E-state index >= 15 is 0 Å². The lowest BCUT2D eigenvalue weighted by molar-refractivity contribution is 0.142. The van der Waals surface area contributed by atoms with Gasteiger partial charge < -0.3 is 4.74 Å². The number of anilines is 3. The zero-order valence-corrected chi connectivity index (χ0v) is 23.8. The lowest BCUT2D eigenvalue weighted by Crippen LogP contribution is -2.20. The summed E-state index contributed by atoms with van der Waals surface area (Å²) >= 11 is 0. The number of aromatic nitrogens is 2. The summed E-state index contributed by atoms with van der Waals surface area (Å²) in [6, 6.07) is 43.4. The van der Waals surface area contributed by atoms with Gasteiger partial charge in [-0.15, -0.1) is 4.94 Å². The predicted molar refractivity (Wildman–Crippen MR) is 173 cm³/mol. The van der Waals surface area contributed by atoms with E-state index in [-0.39, 0.29) is 0 Å². The van der Waals surface area contributed by atoms with Crippen LogP contribution in [0.5, 0.6) is 11.5 Å². The molecule has 0 bridgehead atoms. The maximum absolute atomic E-state index is 6.47. The van der Waals surface area contributed by atoms with Crippen LogP contribution in [0.2, 0.25) is 0 Å². The SMILES string of the molecule is Cc1ccccc1-c1ccnc(-n2c3ccccc3c3ccc(Oc4cccc(N5ON(C)c6ccccc65)c4)cc32)c1. The third-order valence-corrected chi connectivity index (χ3v) is 8.01. The monoisotopic (exact) mass is 560 g/mol. The first-order chi connectivity index (χ1) is 21.1. The van der Waals surface area contributed by atoms with Crippen molar-refractivity contribution >= 4 is 38.9 Å². The summed E-state index contributed by atoms with van der Waals surface area (Å²) in [6.07, 6.45) is 1.89. The molecule has 0 aliphatic carbocycles. The van der Waals surface area contributed by atoms with Gasteiger partial charge in [0.15, 0.2) is 0 Å². The topological polar surface area (TPSA) is 42.8 Å². The number of hydroxylamine groups is 1. The van der Waals surface area contributed by atoms with Gasteiger partial charge in [-0.1, -0.05) is 60.7 Å². The quantitative estimate of drug-likeness (QED) is 0.210. The molecule has 208 valence electrons. The summed E-state index contributed by atoms with van der Waals surface area (Å²) in [4.78, 5) is 10.9. The number of hydrogen-bond donors (Lipinski definition) is 0. The zero-order valence-electron chi connectivity index (χ0n) is 23.8. The summed E-state index contributed by atoms with van der Waals surface area (Å²) in [5.41, 5.74) is 8.56. The van der Waals surface area contributed by atoms with Crippen molar-refractivity contribution < 1.29 is 9.68 Å². The van der Waals surface area contributed by atoms with Gasteiger partial charge in [0.05, 0.1) is 28.1 Å². The highest BCUT2D eigenvalue weighted by molar-refractivity contribution is 6.09. The van der Waals surface area contributed by atoms with E-state index in [4.69, 9.17) is 14.7 Å². The largest absolute Gasteiger partial charge is 0.457 e. The minimum Gasteiger partial charge on any atom is -0.457 e. The number of ether oxygens (including phenoxy) is 1. The van der Waals surface area contributed by atoms with Crippen LogP contribution in [0, 0.1) is 6.92 Å². The number of nitrogens with zero attached hydrogens (tertiary/aromatic N) is 4. The van der Waals surface area contributed by atoms with E-state index in [0.717, 1.165) is 56.4 Å². The summed E-state index contributed by atoms with van der Waals surface area (Å²) in [5.74, 6) is 2.32. The number of fused-ring (bicyclic) bond motifs is 4. The Hall–Kier alpha value is -5.59. The first kappa shape index (κ1) is 25.1. The molecule has 7 aromatic rings. The molecule has 0 atom stereocenters. The van der Waals surface area contributed by atoms with E-state index in [9.17, 15) is 0 Å². The van der Waals surface area contributed by atoms with E-state index < -0.39 is 0 Å². The molecule has 0 saturated carbocycles. The van der Waals surface area contributed by atoms with Crippen molar-refractivity contribution in [2.24, 2.45) is 0 Å². The lowest BCUT2D eigenvalue weighted by atomic mass is 10.0. The fourth-order valence-electron chi connectivity index (χ4n) is 5.97. The van der Waals surface area contributed by atoms with Crippen LogP contribution in [-0.4, -0.2) is 16.6 Å².